The molecule has 0 aromatic heterocycles. The normalized spacial score (nSPS) is 13.8. The number of hydrogen-bond donors (Lipinski definition) is 0. The number of rotatable bonds is 5. The molecule has 1 aliphatic rings. The molecule has 4 aromatic rings. The van der Waals surface area contributed by atoms with Crippen LogP contribution >= 0.6 is 0 Å². The summed E-state index contributed by atoms with van der Waals surface area (Å²) in [5.41, 5.74) is 9.13. The van der Waals surface area contributed by atoms with Crippen molar-refractivity contribution in [2.75, 3.05) is 13.6 Å². The molecule has 148 valence electrons. The van der Waals surface area contributed by atoms with E-state index in [-0.39, 0.29) is 5.41 Å². The van der Waals surface area contributed by atoms with Crippen LogP contribution in [0.25, 0.3) is 11.1 Å². The molecule has 1 aliphatic carbocycles. The molecule has 0 heterocycles. The molecule has 0 aliphatic heterocycles. The molecule has 0 radical (unpaired) electrons. The van der Waals surface area contributed by atoms with Gasteiger partial charge in [0.2, 0.25) is 0 Å². The van der Waals surface area contributed by atoms with Crippen molar-refractivity contribution < 1.29 is 0 Å². The largest absolute Gasteiger partial charge is 0.302 e. The highest BCUT2D eigenvalue weighted by atomic mass is 15.1. The summed E-state index contributed by atoms with van der Waals surface area (Å²) in [7, 11) is 2.17. The third-order valence-corrected chi connectivity index (χ3v) is 6.54. The molecule has 0 N–H and O–H groups in total. The molecular weight excluding hydrogens is 362 g/mol. The van der Waals surface area contributed by atoms with Gasteiger partial charge in [-0.05, 0) is 52.5 Å². The van der Waals surface area contributed by atoms with Gasteiger partial charge in [-0.15, -0.1) is 0 Å². The highest BCUT2D eigenvalue weighted by Gasteiger charge is 2.45. The smallest absolute Gasteiger partial charge is 0.0713 e. The zero-order valence-electron chi connectivity index (χ0n) is 17.7. The molecule has 5 rings (SSSR count). The van der Waals surface area contributed by atoms with Crippen molar-refractivity contribution in [1.29, 1.82) is 0 Å². The summed E-state index contributed by atoms with van der Waals surface area (Å²) in [5.74, 6) is 0. The third-order valence-electron chi connectivity index (χ3n) is 6.54. The van der Waals surface area contributed by atoms with Crippen LogP contribution in [0.2, 0.25) is 0 Å². The van der Waals surface area contributed by atoms with Gasteiger partial charge in [0.25, 0.3) is 0 Å². The van der Waals surface area contributed by atoms with Crippen LogP contribution in [0, 0.1) is 0 Å². The molecule has 0 saturated carbocycles. The van der Waals surface area contributed by atoms with E-state index in [0.717, 1.165) is 13.1 Å². The Morgan fingerprint density at radius 1 is 0.600 bits per heavy atom. The first kappa shape index (κ1) is 18.8. The van der Waals surface area contributed by atoms with Crippen LogP contribution in [0.5, 0.6) is 0 Å². The van der Waals surface area contributed by atoms with E-state index in [9.17, 15) is 0 Å². The molecule has 0 unspecified atom stereocenters. The van der Waals surface area contributed by atoms with Gasteiger partial charge < -0.3 is 4.90 Å². The highest BCUT2D eigenvalue weighted by Crippen LogP contribution is 2.55. The third kappa shape index (κ3) is 2.81. The molecule has 30 heavy (non-hydrogen) atoms. The first-order valence-corrected chi connectivity index (χ1v) is 10.8. The molecule has 0 bridgehead atoms. The van der Waals surface area contributed by atoms with Gasteiger partial charge in [0, 0.05) is 6.54 Å². The molecule has 0 fully saturated rings. The number of benzene rings is 4. The van der Waals surface area contributed by atoms with Gasteiger partial charge in [-0.25, -0.2) is 0 Å². The lowest BCUT2D eigenvalue weighted by Crippen LogP contribution is -2.28. The monoisotopic (exact) mass is 389 g/mol. The predicted molar refractivity (Wildman–Crippen MR) is 126 cm³/mol. The Morgan fingerprint density at radius 3 is 1.67 bits per heavy atom. The highest BCUT2D eigenvalue weighted by molar-refractivity contribution is 5.86. The molecule has 4 aromatic carbocycles. The van der Waals surface area contributed by atoms with Gasteiger partial charge in [0.05, 0.1) is 5.41 Å². The second-order valence-corrected chi connectivity index (χ2v) is 8.23. The van der Waals surface area contributed by atoms with E-state index < -0.39 is 0 Å². The zero-order valence-corrected chi connectivity index (χ0v) is 17.7. The Bertz CT molecular complexity index is 1110. The second kappa shape index (κ2) is 7.59. The van der Waals surface area contributed by atoms with E-state index in [1.807, 2.05) is 0 Å². The van der Waals surface area contributed by atoms with E-state index in [1.54, 1.807) is 0 Å². The first-order chi connectivity index (χ1) is 14.7. The summed E-state index contributed by atoms with van der Waals surface area (Å²) >= 11 is 0. The van der Waals surface area contributed by atoms with Crippen LogP contribution in [-0.4, -0.2) is 18.5 Å². The summed E-state index contributed by atoms with van der Waals surface area (Å²) < 4.78 is 0. The lowest BCUT2D eigenvalue weighted by Gasteiger charge is -2.34. The van der Waals surface area contributed by atoms with Crippen LogP contribution in [0.1, 0.15) is 34.7 Å². The standard InChI is InChI=1S/C29H27N/c1-3-30(2)21-22-17-19-24(20-18-22)29(23-11-5-4-6-12-23)27-15-9-7-13-25(27)26-14-8-10-16-28(26)29/h4-20H,3,21H2,1-2H3. The van der Waals surface area contributed by atoms with Gasteiger partial charge in [-0.3, -0.25) is 0 Å². The summed E-state index contributed by atoms with van der Waals surface area (Å²) in [6.45, 7) is 4.23. The van der Waals surface area contributed by atoms with Crippen LogP contribution < -0.4 is 0 Å². The minimum atomic E-state index is -0.288. The maximum atomic E-state index is 2.34. The van der Waals surface area contributed by atoms with Gasteiger partial charge in [0.15, 0.2) is 0 Å². The number of nitrogens with zero attached hydrogens (tertiary/aromatic N) is 1. The van der Waals surface area contributed by atoms with Crippen molar-refractivity contribution in [2.24, 2.45) is 0 Å². The maximum absolute atomic E-state index is 2.34. The lowest BCUT2D eigenvalue weighted by molar-refractivity contribution is 0.346. The Balaban J connectivity index is 1.77. The Labute approximate surface area is 179 Å². The van der Waals surface area contributed by atoms with E-state index in [2.05, 4.69) is 122 Å². The van der Waals surface area contributed by atoms with Crippen LogP contribution in [-0.2, 0) is 12.0 Å². The average molecular weight is 390 g/mol. The fourth-order valence-electron chi connectivity index (χ4n) is 5.00. The number of hydrogen-bond acceptors (Lipinski definition) is 1. The van der Waals surface area contributed by atoms with Crippen molar-refractivity contribution in [1.82, 2.24) is 4.90 Å². The van der Waals surface area contributed by atoms with Crippen molar-refractivity contribution in [2.45, 2.75) is 18.9 Å². The molecule has 0 spiro atoms. The zero-order chi connectivity index (χ0) is 20.6. The van der Waals surface area contributed by atoms with E-state index in [4.69, 9.17) is 0 Å². The topological polar surface area (TPSA) is 3.24 Å². The summed E-state index contributed by atoms with van der Waals surface area (Å²) in [4.78, 5) is 2.34. The molecule has 0 atom stereocenters. The van der Waals surface area contributed by atoms with Crippen molar-refractivity contribution in [3.63, 3.8) is 0 Å². The maximum Gasteiger partial charge on any atom is 0.0713 e. The fourth-order valence-corrected chi connectivity index (χ4v) is 5.00. The van der Waals surface area contributed by atoms with Gasteiger partial charge in [-0.1, -0.05) is 110 Å². The molecule has 0 amide bonds. The minimum Gasteiger partial charge on any atom is -0.302 e. The average Bonchev–Trinajstić information content (AvgIpc) is 3.11. The quantitative estimate of drug-likeness (QED) is 0.331. The molecule has 1 heteroatoms. The molecule has 1 nitrogen and oxygen atoms in total. The Morgan fingerprint density at radius 2 is 1.10 bits per heavy atom. The molecule has 0 saturated heterocycles. The van der Waals surface area contributed by atoms with Crippen molar-refractivity contribution >= 4 is 0 Å². The lowest BCUT2D eigenvalue weighted by atomic mass is 9.67. The predicted octanol–water partition coefficient (Wildman–Crippen LogP) is 6.50. The van der Waals surface area contributed by atoms with Crippen LogP contribution in [0.15, 0.2) is 103 Å². The van der Waals surface area contributed by atoms with E-state index in [0.29, 0.717) is 0 Å². The summed E-state index contributed by atoms with van der Waals surface area (Å²) in [6, 6.07) is 38.1. The van der Waals surface area contributed by atoms with Crippen LogP contribution in [0.3, 0.4) is 0 Å². The Kier molecular flexibility index (Phi) is 4.77. The van der Waals surface area contributed by atoms with Crippen LogP contribution in [0.4, 0.5) is 0 Å². The SMILES string of the molecule is CCN(C)Cc1ccc(C2(c3ccccc3)c3ccccc3-c3ccccc32)cc1. The van der Waals surface area contributed by atoms with Crippen molar-refractivity contribution in [3.05, 3.63) is 131 Å². The number of fused-ring (bicyclic) bond motifs is 3. The summed E-state index contributed by atoms with van der Waals surface area (Å²) in [5, 5.41) is 0. The fraction of sp³-hybridized carbons (Fsp3) is 0.172. The van der Waals surface area contributed by atoms with Crippen molar-refractivity contribution in [3.8, 4) is 11.1 Å². The minimum absolute atomic E-state index is 0.288. The first-order valence-electron chi connectivity index (χ1n) is 10.8. The Hall–Kier alpha value is -3.16. The van der Waals surface area contributed by atoms with Gasteiger partial charge >= 0.3 is 0 Å². The van der Waals surface area contributed by atoms with Gasteiger partial charge in [0.1, 0.15) is 0 Å². The van der Waals surface area contributed by atoms with Gasteiger partial charge in [-0.2, -0.15) is 0 Å². The van der Waals surface area contributed by atoms with E-state index in [1.165, 1.54) is 38.9 Å². The second-order valence-electron chi connectivity index (χ2n) is 8.23. The summed E-state index contributed by atoms with van der Waals surface area (Å²) in [6.07, 6.45) is 0. The van der Waals surface area contributed by atoms with E-state index >= 15 is 0 Å². The molecular formula is C29H27N.